The Bertz CT molecular complexity index is 370. The van der Waals surface area contributed by atoms with Gasteiger partial charge in [0.15, 0.2) is 0 Å². The maximum Gasteiger partial charge on any atom is 0.220 e. The van der Waals surface area contributed by atoms with Crippen LogP contribution in [0.5, 0.6) is 0 Å². The average molecular weight is 277 g/mol. The van der Waals surface area contributed by atoms with Crippen molar-refractivity contribution in [2.75, 3.05) is 19.3 Å². The first-order valence-electron chi connectivity index (χ1n) is 6.36. The van der Waals surface area contributed by atoms with E-state index >= 15 is 0 Å². The highest BCUT2D eigenvalue weighted by molar-refractivity contribution is 7.88. The smallest absolute Gasteiger partial charge is 0.220 e. The summed E-state index contributed by atoms with van der Waals surface area (Å²) in [5.74, 6) is 0.187. The zero-order valence-electron chi connectivity index (χ0n) is 10.8. The summed E-state index contributed by atoms with van der Waals surface area (Å²) in [5.41, 5.74) is 5.33. The fourth-order valence-electron chi connectivity index (χ4n) is 2.31. The molecule has 0 aromatic heterocycles. The fourth-order valence-corrected chi connectivity index (χ4v) is 3.17. The molecular formula is C11H23N3O3S. The Hall–Kier alpha value is -0.660. The van der Waals surface area contributed by atoms with Crippen LogP contribution in [-0.2, 0) is 14.8 Å². The number of amides is 1. The van der Waals surface area contributed by atoms with Crippen LogP contribution in [0.2, 0.25) is 0 Å². The van der Waals surface area contributed by atoms with E-state index in [1.54, 1.807) is 0 Å². The van der Waals surface area contributed by atoms with Crippen LogP contribution in [0.4, 0.5) is 0 Å². The normalized spacial score (nSPS) is 24.1. The highest BCUT2D eigenvalue weighted by atomic mass is 32.2. The Kier molecular flexibility index (Phi) is 6.04. The van der Waals surface area contributed by atoms with E-state index in [-0.39, 0.29) is 17.9 Å². The fraction of sp³-hybridized carbons (Fsp3) is 0.909. The van der Waals surface area contributed by atoms with E-state index in [1.807, 2.05) is 0 Å². The molecule has 106 valence electrons. The standard InChI is InChI=1S/C11H23N3O3S/c1-18(16,17)14-10-5-2-4-9(10)8-13-11(15)6-3-7-12/h9-10,14H,2-8,12H2,1H3,(H,13,15). The molecule has 0 spiro atoms. The van der Waals surface area contributed by atoms with E-state index in [2.05, 4.69) is 10.0 Å². The second-order valence-electron chi connectivity index (χ2n) is 4.88. The molecule has 1 amide bonds. The van der Waals surface area contributed by atoms with E-state index in [1.165, 1.54) is 6.26 Å². The first-order chi connectivity index (χ1) is 8.42. The van der Waals surface area contributed by atoms with E-state index in [0.717, 1.165) is 19.3 Å². The van der Waals surface area contributed by atoms with Gasteiger partial charge in [-0.2, -0.15) is 0 Å². The number of hydrogen-bond donors (Lipinski definition) is 3. The molecule has 1 rings (SSSR count). The molecule has 1 saturated carbocycles. The van der Waals surface area contributed by atoms with Gasteiger partial charge in [-0.3, -0.25) is 4.79 Å². The number of carbonyl (C=O) groups excluding carboxylic acids is 1. The number of sulfonamides is 1. The maximum absolute atomic E-state index is 11.4. The number of nitrogens with one attached hydrogen (secondary N) is 2. The van der Waals surface area contributed by atoms with Crippen molar-refractivity contribution >= 4 is 15.9 Å². The van der Waals surface area contributed by atoms with Crippen molar-refractivity contribution in [3.63, 3.8) is 0 Å². The molecule has 0 aromatic rings. The third kappa shape index (κ3) is 5.79. The zero-order chi connectivity index (χ0) is 13.6. The maximum atomic E-state index is 11.4. The Morgan fingerprint density at radius 1 is 1.39 bits per heavy atom. The first-order valence-corrected chi connectivity index (χ1v) is 8.25. The minimum Gasteiger partial charge on any atom is -0.356 e. The summed E-state index contributed by atoms with van der Waals surface area (Å²) in [7, 11) is -3.17. The number of carbonyl (C=O) groups is 1. The van der Waals surface area contributed by atoms with E-state index in [0.29, 0.717) is 25.9 Å². The van der Waals surface area contributed by atoms with Crippen LogP contribution in [-0.4, -0.2) is 39.7 Å². The van der Waals surface area contributed by atoms with E-state index in [4.69, 9.17) is 5.73 Å². The van der Waals surface area contributed by atoms with Crippen molar-refractivity contribution < 1.29 is 13.2 Å². The van der Waals surface area contributed by atoms with Crippen LogP contribution in [0.15, 0.2) is 0 Å². The van der Waals surface area contributed by atoms with Gasteiger partial charge in [0.25, 0.3) is 0 Å². The summed E-state index contributed by atoms with van der Waals surface area (Å²) < 4.78 is 25.0. The molecule has 1 aliphatic rings. The van der Waals surface area contributed by atoms with Gasteiger partial charge in [0.2, 0.25) is 15.9 Å². The van der Waals surface area contributed by atoms with Gasteiger partial charge in [-0.25, -0.2) is 13.1 Å². The monoisotopic (exact) mass is 277 g/mol. The first kappa shape index (κ1) is 15.4. The molecule has 6 nitrogen and oxygen atoms in total. The predicted octanol–water partition coefficient (Wildman–Crippen LogP) is -0.441. The summed E-state index contributed by atoms with van der Waals surface area (Å²) in [6, 6.07) is -0.0465. The van der Waals surface area contributed by atoms with Crippen molar-refractivity contribution in [3.8, 4) is 0 Å². The Morgan fingerprint density at radius 2 is 2.11 bits per heavy atom. The molecule has 1 aliphatic carbocycles. The largest absolute Gasteiger partial charge is 0.356 e. The molecule has 0 aromatic carbocycles. The summed E-state index contributed by atoms with van der Waals surface area (Å²) in [6.45, 7) is 1.05. The van der Waals surface area contributed by atoms with E-state index in [9.17, 15) is 13.2 Å². The van der Waals surface area contributed by atoms with Crippen molar-refractivity contribution in [1.29, 1.82) is 0 Å². The highest BCUT2D eigenvalue weighted by Gasteiger charge is 2.29. The molecule has 2 unspecified atom stereocenters. The van der Waals surface area contributed by atoms with Crippen LogP contribution in [0.3, 0.4) is 0 Å². The SMILES string of the molecule is CS(=O)(=O)NC1CCCC1CNC(=O)CCCN. The van der Waals surface area contributed by atoms with Gasteiger partial charge < -0.3 is 11.1 Å². The van der Waals surface area contributed by atoms with Gasteiger partial charge in [-0.1, -0.05) is 6.42 Å². The molecule has 4 N–H and O–H groups in total. The van der Waals surface area contributed by atoms with Gasteiger partial charge in [-0.15, -0.1) is 0 Å². The molecule has 0 bridgehead atoms. The van der Waals surface area contributed by atoms with Crippen LogP contribution >= 0.6 is 0 Å². The second-order valence-corrected chi connectivity index (χ2v) is 6.66. The second kappa shape index (κ2) is 7.06. The highest BCUT2D eigenvalue weighted by Crippen LogP contribution is 2.25. The lowest BCUT2D eigenvalue weighted by atomic mass is 10.0. The lowest BCUT2D eigenvalue weighted by molar-refractivity contribution is -0.121. The molecule has 0 heterocycles. The van der Waals surface area contributed by atoms with Crippen LogP contribution < -0.4 is 15.8 Å². The van der Waals surface area contributed by atoms with Gasteiger partial charge in [0.1, 0.15) is 0 Å². The quantitative estimate of drug-likeness (QED) is 0.587. The summed E-state index contributed by atoms with van der Waals surface area (Å²) >= 11 is 0. The zero-order valence-corrected chi connectivity index (χ0v) is 11.6. The number of nitrogens with two attached hydrogens (primary N) is 1. The van der Waals surface area contributed by atoms with Gasteiger partial charge >= 0.3 is 0 Å². The molecule has 7 heteroatoms. The van der Waals surface area contributed by atoms with Gasteiger partial charge in [0.05, 0.1) is 6.26 Å². The predicted molar refractivity (Wildman–Crippen MR) is 70.4 cm³/mol. The minimum absolute atomic E-state index is 0.00884. The topological polar surface area (TPSA) is 101 Å². The third-order valence-corrected chi connectivity index (χ3v) is 3.92. The van der Waals surface area contributed by atoms with E-state index < -0.39 is 10.0 Å². The van der Waals surface area contributed by atoms with Crippen molar-refractivity contribution in [1.82, 2.24) is 10.0 Å². The summed E-state index contributed by atoms with van der Waals surface area (Å²) in [5, 5.41) is 2.85. The summed E-state index contributed by atoms with van der Waals surface area (Å²) in [4.78, 5) is 11.4. The molecule has 0 saturated heterocycles. The summed E-state index contributed by atoms with van der Waals surface area (Å²) in [6.07, 6.45) is 5.08. The molecular weight excluding hydrogens is 254 g/mol. The Balaban J connectivity index is 2.34. The van der Waals surface area contributed by atoms with Crippen molar-refractivity contribution in [3.05, 3.63) is 0 Å². The van der Waals surface area contributed by atoms with Gasteiger partial charge in [0, 0.05) is 19.0 Å². The van der Waals surface area contributed by atoms with Crippen LogP contribution in [0.1, 0.15) is 32.1 Å². The molecule has 18 heavy (non-hydrogen) atoms. The lowest BCUT2D eigenvalue weighted by Gasteiger charge is -2.20. The van der Waals surface area contributed by atoms with Crippen molar-refractivity contribution in [2.45, 2.75) is 38.1 Å². The molecule has 1 fully saturated rings. The number of hydrogen-bond acceptors (Lipinski definition) is 4. The third-order valence-electron chi connectivity index (χ3n) is 3.19. The average Bonchev–Trinajstić information content (AvgIpc) is 2.68. The Morgan fingerprint density at radius 3 is 2.72 bits per heavy atom. The van der Waals surface area contributed by atoms with Crippen LogP contribution in [0, 0.1) is 5.92 Å². The van der Waals surface area contributed by atoms with Crippen LogP contribution in [0.25, 0.3) is 0 Å². The number of rotatable bonds is 7. The lowest BCUT2D eigenvalue weighted by Crippen LogP contribution is -2.41. The van der Waals surface area contributed by atoms with Crippen molar-refractivity contribution in [2.24, 2.45) is 11.7 Å². The molecule has 2 atom stereocenters. The molecule has 0 aliphatic heterocycles. The Labute approximate surface area is 109 Å². The van der Waals surface area contributed by atoms with Gasteiger partial charge in [-0.05, 0) is 31.7 Å². The minimum atomic E-state index is -3.17. The molecule has 0 radical (unpaired) electrons.